The summed E-state index contributed by atoms with van der Waals surface area (Å²) in [6.45, 7) is 7.89. The van der Waals surface area contributed by atoms with Gasteiger partial charge in [-0.1, -0.05) is 61.7 Å². The number of fused-ring (bicyclic) bond motifs is 6. The van der Waals surface area contributed by atoms with Gasteiger partial charge in [-0.25, -0.2) is 0 Å². The third-order valence-corrected chi connectivity index (χ3v) is 8.24. The fourth-order valence-electron chi connectivity index (χ4n) is 6.18. The van der Waals surface area contributed by atoms with Gasteiger partial charge in [0.25, 0.3) is 0 Å². The molecule has 0 radical (unpaired) electrons. The summed E-state index contributed by atoms with van der Waals surface area (Å²) in [5.74, 6) is 0. The zero-order chi connectivity index (χ0) is 28.2. The van der Waals surface area contributed by atoms with E-state index in [0.717, 1.165) is 55.3 Å². The van der Waals surface area contributed by atoms with Crippen molar-refractivity contribution in [2.75, 3.05) is 0 Å². The van der Waals surface area contributed by atoms with Crippen molar-refractivity contribution in [3.63, 3.8) is 0 Å². The molecule has 0 unspecified atom stereocenters. The van der Waals surface area contributed by atoms with Crippen molar-refractivity contribution in [2.24, 2.45) is 0 Å². The van der Waals surface area contributed by atoms with Crippen LogP contribution in [-0.2, 0) is 0 Å². The molecule has 0 saturated carbocycles. The molecule has 0 spiro atoms. The average Bonchev–Trinajstić information content (AvgIpc) is 3.57. The SMILES string of the molecule is C=Cc1ccc2c(c1)c1cnccc1n2-c1ccc(-c2ccc(-n3c4ccncc4c4cc(C=C)ccc43)cc2)cc1. The first kappa shape index (κ1) is 24.1. The maximum Gasteiger partial charge on any atom is 0.0571 e. The van der Waals surface area contributed by atoms with Crippen molar-refractivity contribution >= 4 is 55.8 Å². The molecule has 4 nitrogen and oxygen atoms in total. The van der Waals surface area contributed by atoms with Crippen LogP contribution < -0.4 is 0 Å². The summed E-state index contributed by atoms with van der Waals surface area (Å²) in [6.07, 6.45) is 11.4. The second-order valence-corrected chi connectivity index (χ2v) is 10.5. The molecule has 0 aliphatic rings. The predicted octanol–water partition coefficient (Wildman–Crippen LogP) is 9.62. The second-order valence-electron chi connectivity index (χ2n) is 10.5. The predicted molar refractivity (Wildman–Crippen MR) is 176 cm³/mol. The molecule has 4 heterocycles. The highest BCUT2D eigenvalue weighted by Gasteiger charge is 2.14. The quantitative estimate of drug-likeness (QED) is 0.219. The van der Waals surface area contributed by atoms with E-state index in [4.69, 9.17) is 0 Å². The minimum Gasteiger partial charge on any atom is -0.309 e. The lowest BCUT2D eigenvalue weighted by Crippen LogP contribution is -1.95. The van der Waals surface area contributed by atoms with Gasteiger partial charge in [-0.05, 0) is 82.9 Å². The molecule has 0 atom stereocenters. The van der Waals surface area contributed by atoms with Gasteiger partial charge in [-0.2, -0.15) is 0 Å². The molecule has 42 heavy (non-hydrogen) atoms. The Labute approximate surface area is 243 Å². The maximum absolute atomic E-state index is 4.40. The minimum atomic E-state index is 1.10. The Kier molecular flexibility index (Phi) is 5.41. The van der Waals surface area contributed by atoms with Crippen LogP contribution in [0.5, 0.6) is 0 Å². The molecule has 4 aromatic carbocycles. The van der Waals surface area contributed by atoms with Crippen LogP contribution in [0.3, 0.4) is 0 Å². The summed E-state index contributed by atoms with van der Waals surface area (Å²) in [7, 11) is 0. The van der Waals surface area contributed by atoms with Crippen LogP contribution in [-0.4, -0.2) is 19.1 Å². The van der Waals surface area contributed by atoms with Gasteiger partial charge < -0.3 is 9.13 Å². The first-order valence-electron chi connectivity index (χ1n) is 14.0. The highest BCUT2D eigenvalue weighted by atomic mass is 15.0. The molecular weight excluding hydrogens is 512 g/mol. The van der Waals surface area contributed by atoms with E-state index in [2.05, 4.69) is 129 Å². The Morgan fingerprint density at radius 3 is 1.26 bits per heavy atom. The fourth-order valence-corrected chi connectivity index (χ4v) is 6.18. The Bertz CT molecular complexity index is 2150. The molecule has 0 bridgehead atoms. The van der Waals surface area contributed by atoms with E-state index < -0.39 is 0 Å². The van der Waals surface area contributed by atoms with Crippen molar-refractivity contribution in [2.45, 2.75) is 0 Å². The van der Waals surface area contributed by atoms with Gasteiger partial charge in [-0.15, -0.1) is 0 Å². The third kappa shape index (κ3) is 3.62. The highest BCUT2D eigenvalue weighted by molar-refractivity contribution is 6.10. The molecule has 0 aliphatic heterocycles. The summed E-state index contributed by atoms with van der Waals surface area (Å²) < 4.78 is 4.61. The van der Waals surface area contributed by atoms with Gasteiger partial charge in [0, 0.05) is 57.7 Å². The van der Waals surface area contributed by atoms with Gasteiger partial charge >= 0.3 is 0 Å². The zero-order valence-electron chi connectivity index (χ0n) is 22.9. The monoisotopic (exact) mass is 538 g/mol. The van der Waals surface area contributed by atoms with Crippen molar-refractivity contribution in [1.82, 2.24) is 19.1 Å². The average molecular weight is 539 g/mol. The first-order chi connectivity index (χ1) is 20.7. The van der Waals surface area contributed by atoms with E-state index in [1.165, 1.54) is 21.9 Å². The lowest BCUT2D eigenvalue weighted by Gasteiger charge is -2.11. The van der Waals surface area contributed by atoms with Crippen LogP contribution in [0.1, 0.15) is 11.1 Å². The summed E-state index contributed by atoms with van der Waals surface area (Å²) in [5.41, 5.74) is 11.4. The number of rotatable bonds is 5. The van der Waals surface area contributed by atoms with Crippen LogP contribution >= 0.6 is 0 Å². The van der Waals surface area contributed by atoms with Gasteiger partial charge in [0.2, 0.25) is 0 Å². The number of pyridine rings is 2. The van der Waals surface area contributed by atoms with Gasteiger partial charge in [0.05, 0.1) is 22.1 Å². The number of nitrogens with zero attached hydrogens (tertiary/aromatic N) is 4. The van der Waals surface area contributed by atoms with Crippen LogP contribution in [0.2, 0.25) is 0 Å². The van der Waals surface area contributed by atoms with Crippen molar-refractivity contribution in [3.8, 4) is 22.5 Å². The molecule has 0 fully saturated rings. The molecule has 198 valence electrons. The molecule has 8 aromatic rings. The summed E-state index contributed by atoms with van der Waals surface area (Å²) in [5, 5.41) is 4.63. The lowest BCUT2D eigenvalue weighted by molar-refractivity contribution is 1.17. The fraction of sp³-hybridized carbons (Fsp3) is 0. The number of hydrogen-bond acceptors (Lipinski definition) is 2. The molecule has 4 aromatic heterocycles. The number of aromatic nitrogens is 4. The molecule has 4 heteroatoms. The van der Waals surface area contributed by atoms with E-state index in [1.807, 2.05) is 36.9 Å². The van der Waals surface area contributed by atoms with Gasteiger partial charge in [0.1, 0.15) is 0 Å². The Morgan fingerprint density at radius 1 is 0.452 bits per heavy atom. The van der Waals surface area contributed by atoms with Crippen LogP contribution in [0.4, 0.5) is 0 Å². The van der Waals surface area contributed by atoms with E-state index >= 15 is 0 Å². The van der Waals surface area contributed by atoms with Crippen LogP contribution in [0.25, 0.3) is 78.3 Å². The summed E-state index contributed by atoms with van der Waals surface area (Å²) in [6, 6.07) is 34.7. The Balaban J connectivity index is 1.19. The summed E-state index contributed by atoms with van der Waals surface area (Å²) in [4.78, 5) is 8.80. The number of benzene rings is 4. The molecule has 8 rings (SSSR count). The van der Waals surface area contributed by atoms with E-state index in [0.29, 0.717) is 0 Å². The topological polar surface area (TPSA) is 35.6 Å². The van der Waals surface area contributed by atoms with E-state index in [9.17, 15) is 0 Å². The second kappa shape index (κ2) is 9.43. The largest absolute Gasteiger partial charge is 0.309 e. The van der Waals surface area contributed by atoms with Crippen molar-refractivity contribution < 1.29 is 0 Å². The summed E-state index contributed by atoms with van der Waals surface area (Å²) >= 11 is 0. The first-order valence-corrected chi connectivity index (χ1v) is 14.0. The lowest BCUT2D eigenvalue weighted by atomic mass is 10.0. The van der Waals surface area contributed by atoms with Crippen molar-refractivity contribution in [3.05, 3.63) is 146 Å². The van der Waals surface area contributed by atoms with E-state index in [1.54, 1.807) is 0 Å². The van der Waals surface area contributed by atoms with Crippen LogP contribution in [0, 0.1) is 0 Å². The van der Waals surface area contributed by atoms with Crippen LogP contribution in [0.15, 0.2) is 135 Å². The number of hydrogen-bond donors (Lipinski definition) is 0. The van der Waals surface area contributed by atoms with E-state index in [-0.39, 0.29) is 0 Å². The zero-order valence-corrected chi connectivity index (χ0v) is 22.9. The Hall–Kier alpha value is -5.74. The standard InChI is InChI=1S/C38H26N4/c1-3-25-5-15-35-31(21-25)33-23-39-19-17-37(33)41(35)29-11-7-27(8-12-29)28-9-13-30(14-10-28)42-36-16-6-26(4-2)22-32(36)34-24-40-20-18-38(34)42/h3-24H,1-2H2. The molecule has 0 saturated heterocycles. The highest BCUT2D eigenvalue weighted by Crippen LogP contribution is 2.35. The third-order valence-electron chi connectivity index (χ3n) is 8.24. The molecule has 0 amide bonds. The van der Waals surface area contributed by atoms with Crippen molar-refractivity contribution in [1.29, 1.82) is 0 Å². The molecule has 0 aliphatic carbocycles. The maximum atomic E-state index is 4.40. The molecular formula is C38H26N4. The Morgan fingerprint density at radius 2 is 0.857 bits per heavy atom. The molecule has 0 N–H and O–H groups in total. The smallest absolute Gasteiger partial charge is 0.0571 e. The van der Waals surface area contributed by atoms with Gasteiger partial charge in [0.15, 0.2) is 0 Å². The normalized spacial score (nSPS) is 11.5. The minimum absolute atomic E-state index is 1.10. The van der Waals surface area contributed by atoms with Gasteiger partial charge in [-0.3, -0.25) is 9.97 Å².